The van der Waals surface area contributed by atoms with Gasteiger partial charge in [0.05, 0.1) is 5.69 Å². The van der Waals surface area contributed by atoms with E-state index in [-0.39, 0.29) is 35.1 Å². The number of nitrogens with zero attached hydrogens (tertiary/aromatic N) is 6. The number of nitriles is 1. The quantitative estimate of drug-likeness (QED) is 0.130. The fraction of sp³-hybridized carbons (Fsp3) is 0.0370. The van der Waals surface area contributed by atoms with Crippen molar-refractivity contribution in [2.75, 3.05) is 21.5 Å². The molecule has 0 aliphatic heterocycles. The van der Waals surface area contributed by atoms with Gasteiger partial charge in [-0.2, -0.15) is 20.2 Å². The Bertz CT molecular complexity index is 1780. The van der Waals surface area contributed by atoms with Gasteiger partial charge in [0, 0.05) is 44.1 Å². The molecular weight excluding hydrogens is 622 g/mol. The fourth-order valence-corrected chi connectivity index (χ4v) is 4.84. The van der Waals surface area contributed by atoms with Gasteiger partial charge in [-0.05, 0) is 36.4 Å². The normalized spacial score (nSPS) is 10.6. The van der Waals surface area contributed by atoms with Crippen LogP contribution in [-0.4, -0.2) is 24.5 Å². The van der Waals surface area contributed by atoms with Crippen molar-refractivity contribution in [2.45, 2.75) is 0 Å². The molecule has 15 heteroatoms. The monoisotopic (exact) mass is 638 g/mol. The Kier molecular flexibility index (Phi) is 8.61. The number of hydrazine groups is 1. The Morgan fingerprint density at radius 1 is 0.714 bits per heavy atom. The number of nitrogens with one attached hydrogen (secondary N) is 4. The predicted octanol–water partition coefficient (Wildman–Crippen LogP) is 7.04. The maximum Gasteiger partial charge on any atom is 0.273 e. The van der Waals surface area contributed by atoms with Crippen LogP contribution in [0.5, 0.6) is 0 Å². The molecule has 4 N–H and O–H groups in total. The van der Waals surface area contributed by atoms with Gasteiger partial charge in [0.25, 0.3) is 5.56 Å². The molecule has 0 aliphatic rings. The van der Waals surface area contributed by atoms with Crippen LogP contribution in [0.1, 0.15) is 5.56 Å². The van der Waals surface area contributed by atoms with Crippen molar-refractivity contribution in [3.8, 4) is 17.3 Å². The van der Waals surface area contributed by atoms with Gasteiger partial charge in [0.2, 0.25) is 23.8 Å². The first-order valence-corrected chi connectivity index (χ1v) is 13.5. The van der Waals surface area contributed by atoms with E-state index >= 15 is 0 Å². The van der Waals surface area contributed by atoms with E-state index in [4.69, 9.17) is 46.4 Å². The van der Waals surface area contributed by atoms with E-state index in [1.807, 2.05) is 12.1 Å². The minimum Gasteiger partial charge on any atom is -0.324 e. The Labute approximate surface area is 259 Å². The zero-order valence-corrected chi connectivity index (χ0v) is 24.5. The molecule has 2 heterocycles. The third-order valence-electron chi connectivity index (χ3n) is 5.61. The van der Waals surface area contributed by atoms with E-state index in [0.717, 1.165) is 0 Å². The van der Waals surface area contributed by atoms with E-state index in [9.17, 15) is 10.1 Å². The second kappa shape index (κ2) is 12.5. The molecule has 5 rings (SSSR count). The molecule has 0 amide bonds. The smallest absolute Gasteiger partial charge is 0.273 e. The van der Waals surface area contributed by atoms with E-state index in [1.54, 1.807) is 60.7 Å². The zero-order chi connectivity index (χ0) is 29.8. The summed E-state index contributed by atoms with van der Waals surface area (Å²) in [5, 5.41) is 17.4. The molecule has 0 unspecified atom stereocenters. The molecule has 0 radical (unpaired) electrons. The van der Waals surface area contributed by atoms with Crippen LogP contribution in [0.2, 0.25) is 20.1 Å². The van der Waals surface area contributed by atoms with Gasteiger partial charge in [-0.1, -0.05) is 76.7 Å². The average Bonchev–Trinajstić information content (AvgIpc) is 2.93. The molecule has 0 aliphatic carbocycles. The topological polar surface area (TPSA) is 145 Å². The number of aromatic nitrogens is 5. The predicted molar refractivity (Wildman–Crippen MR) is 166 cm³/mol. The summed E-state index contributed by atoms with van der Waals surface area (Å²) < 4.78 is 1.19. The molecule has 2 aromatic heterocycles. The number of hydrogen-bond acceptors (Lipinski definition) is 10. The number of hydrogen-bond donors (Lipinski definition) is 4. The standard InChI is InChI=1S/C27H18Cl4N10O/c1-41-23(42)21(13-32)22(14-5-3-2-4-6-14)35-27(41)40-39-26-37-24(33-19-9-15(28)7-16(29)10-19)36-25(38-26)34-20-11-17(30)8-18(31)12-20/h2-12H,1H3,(H,35,40)(H3,33,34,36,37,38,39). The summed E-state index contributed by atoms with van der Waals surface area (Å²) in [4.78, 5) is 30.7. The highest BCUT2D eigenvalue weighted by molar-refractivity contribution is 6.35. The van der Waals surface area contributed by atoms with Crippen LogP contribution in [-0.2, 0) is 7.05 Å². The second-order valence-corrected chi connectivity index (χ2v) is 10.4. The first-order valence-electron chi connectivity index (χ1n) is 12.0. The van der Waals surface area contributed by atoms with Crippen LogP contribution in [0.25, 0.3) is 11.3 Å². The molecular formula is C27H18Cl4N10O. The SMILES string of the molecule is Cn1c(NNc2nc(Nc3cc(Cl)cc(Cl)c3)nc(Nc3cc(Cl)cc(Cl)c3)n2)nc(-c2ccccc2)c(C#N)c1=O. The lowest BCUT2D eigenvalue weighted by molar-refractivity contribution is 0.829. The minimum atomic E-state index is -0.535. The van der Waals surface area contributed by atoms with E-state index in [2.05, 4.69) is 41.4 Å². The molecule has 0 saturated carbocycles. The summed E-state index contributed by atoms with van der Waals surface area (Å²) in [6.07, 6.45) is 0. The van der Waals surface area contributed by atoms with Crippen LogP contribution < -0.4 is 27.0 Å². The molecule has 5 aromatic rings. The Hall–Kier alpha value is -4.60. The summed E-state index contributed by atoms with van der Waals surface area (Å²) in [6.45, 7) is 0. The Morgan fingerprint density at radius 2 is 1.21 bits per heavy atom. The lowest BCUT2D eigenvalue weighted by Crippen LogP contribution is -2.27. The average molecular weight is 640 g/mol. The van der Waals surface area contributed by atoms with Gasteiger partial charge in [-0.3, -0.25) is 20.2 Å². The summed E-state index contributed by atoms with van der Waals surface area (Å²) in [6, 6.07) is 20.6. The molecule has 210 valence electrons. The maximum absolute atomic E-state index is 13.0. The van der Waals surface area contributed by atoms with Gasteiger partial charge < -0.3 is 10.6 Å². The van der Waals surface area contributed by atoms with Crippen molar-refractivity contribution >= 4 is 81.6 Å². The largest absolute Gasteiger partial charge is 0.324 e. The van der Waals surface area contributed by atoms with Gasteiger partial charge in [-0.15, -0.1) is 0 Å². The van der Waals surface area contributed by atoms with E-state index < -0.39 is 5.56 Å². The summed E-state index contributed by atoms with van der Waals surface area (Å²) in [5.41, 5.74) is 6.95. The molecule has 0 saturated heterocycles. The molecule has 42 heavy (non-hydrogen) atoms. The van der Waals surface area contributed by atoms with Crippen LogP contribution in [0.3, 0.4) is 0 Å². The highest BCUT2D eigenvalue weighted by Crippen LogP contribution is 2.27. The first-order chi connectivity index (χ1) is 20.2. The van der Waals surface area contributed by atoms with Crippen LogP contribution in [0, 0.1) is 11.3 Å². The number of rotatable bonds is 8. The molecule has 0 bridgehead atoms. The van der Waals surface area contributed by atoms with Gasteiger partial charge >= 0.3 is 0 Å². The number of benzene rings is 3. The lowest BCUT2D eigenvalue weighted by Gasteiger charge is -2.15. The van der Waals surface area contributed by atoms with Gasteiger partial charge in [0.1, 0.15) is 11.6 Å². The first kappa shape index (κ1) is 28.9. The molecule has 0 atom stereocenters. The van der Waals surface area contributed by atoms with Crippen molar-refractivity contribution in [2.24, 2.45) is 7.05 Å². The van der Waals surface area contributed by atoms with E-state index in [0.29, 0.717) is 37.0 Å². The van der Waals surface area contributed by atoms with Crippen molar-refractivity contribution in [3.05, 3.63) is 103 Å². The summed E-state index contributed by atoms with van der Waals surface area (Å²) >= 11 is 24.6. The number of anilines is 6. The van der Waals surface area contributed by atoms with Gasteiger partial charge in [-0.25, -0.2) is 4.98 Å². The third-order valence-corrected chi connectivity index (χ3v) is 6.48. The zero-order valence-electron chi connectivity index (χ0n) is 21.5. The highest BCUT2D eigenvalue weighted by atomic mass is 35.5. The van der Waals surface area contributed by atoms with Crippen molar-refractivity contribution < 1.29 is 0 Å². The van der Waals surface area contributed by atoms with Crippen LogP contribution in [0.15, 0.2) is 71.5 Å². The second-order valence-electron chi connectivity index (χ2n) is 8.62. The Balaban J connectivity index is 1.50. The minimum absolute atomic E-state index is 0.0381. The lowest BCUT2D eigenvalue weighted by atomic mass is 10.1. The van der Waals surface area contributed by atoms with Crippen molar-refractivity contribution in [3.63, 3.8) is 0 Å². The maximum atomic E-state index is 13.0. The Morgan fingerprint density at radius 3 is 1.71 bits per heavy atom. The molecule has 3 aromatic carbocycles. The molecule has 0 spiro atoms. The summed E-state index contributed by atoms with van der Waals surface area (Å²) in [7, 11) is 1.48. The highest BCUT2D eigenvalue weighted by Gasteiger charge is 2.17. The third kappa shape index (κ3) is 6.82. The van der Waals surface area contributed by atoms with E-state index in [1.165, 1.54) is 11.6 Å². The van der Waals surface area contributed by atoms with Crippen LogP contribution >= 0.6 is 46.4 Å². The molecule has 0 fully saturated rings. The molecule has 11 nitrogen and oxygen atoms in total. The van der Waals surface area contributed by atoms with Crippen molar-refractivity contribution in [1.82, 2.24) is 24.5 Å². The van der Waals surface area contributed by atoms with Crippen molar-refractivity contribution in [1.29, 1.82) is 5.26 Å². The number of halogens is 4. The fourth-order valence-electron chi connectivity index (χ4n) is 3.79. The van der Waals surface area contributed by atoms with Crippen LogP contribution in [0.4, 0.5) is 35.2 Å². The van der Waals surface area contributed by atoms with Gasteiger partial charge in [0.15, 0.2) is 0 Å². The summed E-state index contributed by atoms with van der Waals surface area (Å²) in [5.74, 6) is 0.381.